The number of amides is 3. The van der Waals surface area contributed by atoms with Gasteiger partial charge in [-0.05, 0) is 54.2 Å². The largest absolute Gasteiger partial charge is 0.497 e. The number of benzene rings is 2. The fourth-order valence-corrected chi connectivity index (χ4v) is 7.39. The quantitative estimate of drug-likeness (QED) is 0.470. The smallest absolute Gasteiger partial charge is 0.246 e. The molecule has 3 heterocycles. The molecule has 9 heteroatoms. The van der Waals surface area contributed by atoms with Gasteiger partial charge in [-0.15, -0.1) is 0 Å². The second kappa shape index (κ2) is 10.8. The summed E-state index contributed by atoms with van der Waals surface area (Å²) < 4.78 is 11.7. The summed E-state index contributed by atoms with van der Waals surface area (Å²) in [4.78, 5) is 43.7. The standard InChI is InChI=1S/C32H36ClN3O5/c1-18-7-6-10-24(19(18)2)35-30(38)28-32-16-15-25(41-32)26(29(37)34-21-11-13-22(40-3)14-12-21)27(32)31(39)36(28)17-20-8-4-5-9-23(20)33/h4-5,8-9,11-16,18-19,24-28H,6-7,10,17H2,1-3H3,(H,34,37)(H,35,38). The molecule has 1 spiro atoms. The van der Waals surface area contributed by atoms with Crippen LogP contribution in [0.25, 0.3) is 0 Å². The number of nitrogens with one attached hydrogen (secondary N) is 2. The molecule has 0 aromatic heterocycles. The number of hydrogen-bond acceptors (Lipinski definition) is 5. The number of likely N-dealkylation sites (tertiary alicyclic amines) is 1. The van der Waals surface area contributed by atoms with Gasteiger partial charge in [-0.1, -0.05) is 68.6 Å². The second-order valence-electron chi connectivity index (χ2n) is 11.9. The van der Waals surface area contributed by atoms with Crippen LogP contribution in [0.2, 0.25) is 5.02 Å². The number of fused-ring (bicyclic) bond motifs is 1. The first-order chi connectivity index (χ1) is 19.7. The Labute approximate surface area is 245 Å². The molecule has 2 saturated heterocycles. The van der Waals surface area contributed by atoms with Gasteiger partial charge in [-0.3, -0.25) is 14.4 Å². The number of rotatable bonds is 7. The molecule has 2 aromatic carbocycles. The number of carbonyl (C=O) groups excluding carboxylic acids is 3. The van der Waals surface area contributed by atoms with E-state index >= 15 is 0 Å². The van der Waals surface area contributed by atoms with Crippen LogP contribution in [0.4, 0.5) is 5.69 Å². The third kappa shape index (κ3) is 4.71. The minimum absolute atomic E-state index is 0.00992. The molecular weight excluding hydrogens is 542 g/mol. The molecule has 8 nitrogen and oxygen atoms in total. The Kier molecular flexibility index (Phi) is 7.32. The first-order valence-corrected chi connectivity index (χ1v) is 14.8. The fourth-order valence-electron chi connectivity index (χ4n) is 7.20. The number of ether oxygens (including phenoxy) is 2. The highest BCUT2D eigenvalue weighted by molar-refractivity contribution is 6.31. The molecule has 2 N–H and O–H groups in total. The first-order valence-electron chi connectivity index (χ1n) is 14.4. The van der Waals surface area contributed by atoms with E-state index in [2.05, 4.69) is 24.5 Å². The Morgan fingerprint density at radius 3 is 2.59 bits per heavy atom. The summed E-state index contributed by atoms with van der Waals surface area (Å²) in [6.45, 7) is 4.53. The molecule has 3 aliphatic heterocycles. The van der Waals surface area contributed by atoms with Crippen LogP contribution in [-0.2, 0) is 25.7 Å². The van der Waals surface area contributed by atoms with Gasteiger partial charge < -0.3 is 25.0 Å². The van der Waals surface area contributed by atoms with Crippen LogP contribution < -0.4 is 15.4 Å². The molecule has 1 saturated carbocycles. The predicted octanol–water partition coefficient (Wildman–Crippen LogP) is 4.58. The van der Waals surface area contributed by atoms with Crippen molar-refractivity contribution in [2.45, 2.75) is 63.4 Å². The van der Waals surface area contributed by atoms with Crippen molar-refractivity contribution in [1.29, 1.82) is 0 Å². The molecule has 8 unspecified atom stereocenters. The Morgan fingerprint density at radius 2 is 1.85 bits per heavy atom. The van der Waals surface area contributed by atoms with Crippen molar-refractivity contribution in [2.75, 3.05) is 12.4 Å². The molecule has 0 radical (unpaired) electrons. The zero-order valence-corrected chi connectivity index (χ0v) is 24.3. The van der Waals surface area contributed by atoms with E-state index in [0.717, 1.165) is 24.8 Å². The molecular formula is C32H36ClN3O5. The fraction of sp³-hybridized carbons (Fsp3) is 0.469. The van der Waals surface area contributed by atoms with E-state index in [1.807, 2.05) is 30.4 Å². The van der Waals surface area contributed by atoms with E-state index in [9.17, 15) is 14.4 Å². The van der Waals surface area contributed by atoms with E-state index in [1.165, 1.54) is 0 Å². The zero-order chi connectivity index (χ0) is 28.9. The van der Waals surface area contributed by atoms with Crippen LogP contribution in [-0.4, -0.2) is 53.5 Å². The van der Waals surface area contributed by atoms with Crippen molar-refractivity contribution in [3.8, 4) is 5.75 Å². The molecule has 216 valence electrons. The van der Waals surface area contributed by atoms with Gasteiger partial charge in [0, 0.05) is 23.3 Å². The third-order valence-electron chi connectivity index (χ3n) is 9.62. The minimum Gasteiger partial charge on any atom is -0.497 e. The highest BCUT2D eigenvalue weighted by Crippen LogP contribution is 2.55. The molecule has 6 rings (SSSR count). The van der Waals surface area contributed by atoms with Crippen molar-refractivity contribution in [3.63, 3.8) is 0 Å². The highest BCUT2D eigenvalue weighted by Gasteiger charge is 2.72. The van der Waals surface area contributed by atoms with Crippen molar-refractivity contribution < 1.29 is 23.9 Å². The maximum Gasteiger partial charge on any atom is 0.246 e. The Hall–Kier alpha value is -3.36. The lowest BCUT2D eigenvalue weighted by atomic mass is 9.73. The summed E-state index contributed by atoms with van der Waals surface area (Å²) in [5.41, 5.74) is 0.0807. The summed E-state index contributed by atoms with van der Waals surface area (Å²) in [5.74, 6) is -0.991. The molecule has 8 atom stereocenters. The van der Waals surface area contributed by atoms with Crippen molar-refractivity contribution in [2.24, 2.45) is 23.7 Å². The van der Waals surface area contributed by atoms with Crippen LogP contribution in [0.5, 0.6) is 5.75 Å². The molecule has 4 aliphatic rings. The number of anilines is 1. The predicted molar refractivity (Wildman–Crippen MR) is 155 cm³/mol. The minimum atomic E-state index is -1.24. The van der Waals surface area contributed by atoms with Gasteiger partial charge >= 0.3 is 0 Å². The molecule has 1 aliphatic carbocycles. The van der Waals surface area contributed by atoms with Crippen molar-refractivity contribution in [3.05, 3.63) is 71.3 Å². The average molecular weight is 578 g/mol. The molecule has 3 fully saturated rings. The van der Waals surface area contributed by atoms with Gasteiger partial charge in [0.25, 0.3) is 0 Å². The molecule has 41 heavy (non-hydrogen) atoms. The van der Waals surface area contributed by atoms with Crippen LogP contribution in [0.1, 0.15) is 38.7 Å². The summed E-state index contributed by atoms with van der Waals surface area (Å²) >= 11 is 6.50. The lowest BCUT2D eigenvalue weighted by Gasteiger charge is -2.38. The van der Waals surface area contributed by atoms with Crippen LogP contribution >= 0.6 is 11.6 Å². The monoisotopic (exact) mass is 577 g/mol. The summed E-state index contributed by atoms with van der Waals surface area (Å²) in [6, 6.07) is 13.4. The van der Waals surface area contributed by atoms with E-state index in [1.54, 1.807) is 42.3 Å². The van der Waals surface area contributed by atoms with Crippen LogP contribution in [0, 0.1) is 23.7 Å². The normalized spacial score (nSPS) is 33.5. The Balaban J connectivity index is 1.32. The topological polar surface area (TPSA) is 97.0 Å². The van der Waals surface area contributed by atoms with Gasteiger partial charge in [-0.2, -0.15) is 0 Å². The molecule has 2 aromatic rings. The number of hydrogen-bond donors (Lipinski definition) is 2. The van der Waals surface area contributed by atoms with Gasteiger partial charge in [0.15, 0.2) is 0 Å². The zero-order valence-electron chi connectivity index (χ0n) is 23.5. The summed E-state index contributed by atoms with van der Waals surface area (Å²) in [7, 11) is 1.58. The summed E-state index contributed by atoms with van der Waals surface area (Å²) in [6.07, 6.45) is 6.13. The Morgan fingerprint density at radius 1 is 1.10 bits per heavy atom. The lowest BCUT2D eigenvalue weighted by Crippen LogP contribution is -2.57. The number of halogens is 1. The summed E-state index contributed by atoms with van der Waals surface area (Å²) in [5, 5.41) is 6.74. The van der Waals surface area contributed by atoms with Crippen LogP contribution in [0.3, 0.4) is 0 Å². The van der Waals surface area contributed by atoms with Gasteiger partial charge in [-0.25, -0.2) is 0 Å². The maximum atomic E-state index is 14.3. The van der Waals surface area contributed by atoms with Gasteiger partial charge in [0.1, 0.15) is 17.4 Å². The Bertz CT molecular complexity index is 1380. The van der Waals surface area contributed by atoms with Crippen LogP contribution in [0.15, 0.2) is 60.7 Å². The average Bonchev–Trinajstić information content (AvgIpc) is 3.60. The highest BCUT2D eigenvalue weighted by atomic mass is 35.5. The molecule has 2 bridgehead atoms. The van der Waals surface area contributed by atoms with Crippen molar-refractivity contribution in [1.82, 2.24) is 10.2 Å². The number of nitrogens with zero attached hydrogens (tertiary/aromatic N) is 1. The maximum absolute atomic E-state index is 14.3. The van der Waals surface area contributed by atoms with Crippen molar-refractivity contribution >= 4 is 35.0 Å². The van der Waals surface area contributed by atoms with E-state index in [-0.39, 0.29) is 30.3 Å². The lowest BCUT2D eigenvalue weighted by molar-refractivity contribution is -0.142. The number of methoxy groups -OCH3 is 1. The van der Waals surface area contributed by atoms with E-state index in [4.69, 9.17) is 21.1 Å². The van der Waals surface area contributed by atoms with E-state index in [0.29, 0.717) is 28.3 Å². The first kappa shape index (κ1) is 27.8. The second-order valence-corrected chi connectivity index (χ2v) is 12.3. The third-order valence-corrected chi connectivity index (χ3v) is 9.98. The van der Waals surface area contributed by atoms with Gasteiger partial charge in [0.2, 0.25) is 17.7 Å². The molecule has 3 amide bonds. The number of carbonyl (C=O) groups is 3. The van der Waals surface area contributed by atoms with E-state index < -0.39 is 29.6 Å². The SMILES string of the molecule is COc1ccc(NC(=O)C2C3C=CC4(O3)C2C(=O)N(Cc2ccccc2Cl)C4C(=O)NC2CCCC(C)C2C)cc1. The van der Waals surface area contributed by atoms with Gasteiger partial charge in [0.05, 0.1) is 25.0 Å².